The van der Waals surface area contributed by atoms with Crippen LogP contribution >= 0.6 is 0 Å². The normalized spacial score (nSPS) is 20.6. The first-order chi connectivity index (χ1) is 16.1. The molecule has 1 aromatic heterocycles. The predicted octanol–water partition coefficient (Wildman–Crippen LogP) is 4.82. The van der Waals surface area contributed by atoms with Crippen molar-refractivity contribution >= 4 is 17.8 Å². The van der Waals surface area contributed by atoms with Gasteiger partial charge in [0.2, 0.25) is 0 Å². The van der Waals surface area contributed by atoms with Gasteiger partial charge in [-0.3, -0.25) is 4.79 Å². The van der Waals surface area contributed by atoms with Crippen LogP contribution in [0.2, 0.25) is 0 Å². The van der Waals surface area contributed by atoms with Gasteiger partial charge in [0.25, 0.3) is 0 Å². The molecule has 4 rings (SSSR count). The molecule has 0 radical (unpaired) electrons. The minimum Gasteiger partial charge on any atom is -0.493 e. The molecule has 2 aromatic rings. The maximum Gasteiger partial charge on any atom is 0.491 e. The molecule has 1 saturated carbocycles. The molecule has 0 bridgehead atoms. The van der Waals surface area contributed by atoms with E-state index in [0.29, 0.717) is 18.8 Å². The third-order valence-corrected chi connectivity index (χ3v) is 6.69. The second kappa shape index (κ2) is 9.27. The molecule has 2 aliphatic rings. The van der Waals surface area contributed by atoms with E-state index in [-0.39, 0.29) is 23.7 Å². The van der Waals surface area contributed by atoms with Gasteiger partial charge >= 0.3 is 18.1 Å². The molecule has 9 heteroatoms. The summed E-state index contributed by atoms with van der Waals surface area (Å²) in [6, 6.07) is 11.6. The van der Waals surface area contributed by atoms with Crippen molar-refractivity contribution in [2.24, 2.45) is 11.3 Å². The average molecular weight is 476 g/mol. The van der Waals surface area contributed by atoms with Crippen molar-refractivity contribution < 1.29 is 32.2 Å². The van der Waals surface area contributed by atoms with Crippen LogP contribution in [0.1, 0.15) is 49.4 Å². The largest absolute Gasteiger partial charge is 0.493 e. The van der Waals surface area contributed by atoms with Crippen LogP contribution in [-0.4, -0.2) is 36.3 Å². The summed E-state index contributed by atoms with van der Waals surface area (Å²) in [5, 5.41) is 3.32. The van der Waals surface area contributed by atoms with E-state index in [1.165, 1.54) is 5.56 Å². The number of ether oxygens (including phenoxy) is 2. The quantitative estimate of drug-likeness (QED) is 0.456. The molecule has 0 spiro atoms. The van der Waals surface area contributed by atoms with Gasteiger partial charge in [-0.25, -0.2) is 9.78 Å². The topological polar surface area (TPSA) is 77.5 Å². The Balaban J connectivity index is 1.28. The first kappa shape index (κ1) is 24.0. The fourth-order valence-electron chi connectivity index (χ4n) is 4.72. The number of nitrogens with zero attached hydrogens (tertiary/aromatic N) is 1. The van der Waals surface area contributed by atoms with Gasteiger partial charge in [-0.2, -0.15) is 13.2 Å². The highest BCUT2D eigenvalue weighted by Gasteiger charge is 2.59. The Bertz CT molecular complexity index is 1070. The molecule has 1 aromatic carbocycles. The van der Waals surface area contributed by atoms with Gasteiger partial charge in [-0.1, -0.05) is 32.0 Å². The molecule has 1 fully saturated rings. The van der Waals surface area contributed by atoms with Gasteiger partial charge in [0.05, 0.1) is 6.61 Å². The predicted molar refractivity (Wildman–Crippen MR) is 118 cm³/mol. The molecule has 6 nitrogen and oxygen atoms in total. The summed E-state index contributed by atoms with van der Waals surface area (Å²) in [4.78, 5) is 27.3. The van der Waals surface area contributed by atoms with E-state index in [1.807, 2.05) is 44.2 Å². The Morgan fingerprint density at radius 3 is 2.59 bits per heavy atom. The van der Waals surface area contributed by atoms with Gasteiger partial charge in [0, 0.05) is 25.1 Å². The number of rotatable bonds is 7. The van der Waals surface area contributed by atoms with Crippen molar-refractivity contribution in [3.63, 3.8) is 0 Å². The molecule has 2 heterocycles. The summed E-state index contributed by atoms with van der Waals surface area (Å²) < 4.78 is 46.7. The molecule has 1 aliphatic heterocycles. The molecule has 2 atom stereocenters. The molecule has 0 saturated heterocycles. The number of anilines is 1. The van der Waals surface area contributed by atoms with E-state index < -0.39 is 18.1 Å². The number of hydrogen-bond acceptors (Lipinski definition) is 6. The fourth-order valence-corrected chi connectivity index (χ4v) is 4.72. The maximum absolute atomic E-state index is 12.3. The maximum atomic E-state index is 12.3. The van der Waals surface area contributed by atoms with Crippen molar-refractivity contribution in [1.82, 2.24) is 4.98 Å². The van der Waals surface area contributed by atoms with Crippen molar-refractivity contribution in [2.45, 2.75) is 51.6 Å². The van der Waals surface area contributed by atoms with E-state index in [2.05, 4.69) is 21.1 Å². The summed E-state index contributed by atoms with van der Waals surface area (Å²) in [5.41, 5.74) is 2.87. The van der Waals surface area contributed by atoms with Crippen molar-refractivity contribution in [2.75, 3.05) is 18.5 Å². The second-order valence-electron chi connectivity index (χ2n) is 9.38. The standard InChI is InChI=1S/C25H27F3N2O4/c1-24(2)19(14-20(31)34-23(32)25(26,27)28)21(24)15-6-9-18(10-7-15)33-13-11-17-8-5-16-4-3-12-29-22(16)30-17/h5-10,19,21H,3-4,11-14H2,1-2H3,(H,29,30). The highest BCUT2D eigenvalue weighted by Crippen LogP contribution is 2.66. The Hall–Kier alpha value is -3.10. The molecule has 1 aliphatic carbocycles. The highest BCUT2D eigenvalue weighted by molar-refractivity contribution is 5.88. The Kier molecular flexibility index (Phi) is 6.55. The molecule has 2 unspecified atom stereocenters. The molecular weight excluding hydrogens is 449 g/mol. The molecule has 0 amide bonds. The number of aromatic nitrogens is 1. The zero-order valence-electron chi connectivity index (χ0n) is 19.1. The number of aryl methyl sites for hydroxylation is 1. The molecule has 34 heavy (non-hydrogen) atoms. The summed E-state index contributed by atoms with van der Waals surface area (Å²) in [7, 11) is 0. The van der Waals surface area contributed by atoms with Gasteiger partial charge in [0.15, 0.2) is 0 Å². The van der Waals surface area contributed by atoms with Crippen molar-refractivity contribution in [3.05, 3.63) is 53.2 Å². The number of esters is 2. The Morgan fingerprint density at radius 2 is 1.88 bits per heavy atom. The van der Waals surface area contributed by atoms with Crippen LogP contribution in [-0.2, 0) is 27.2 Å². The first-order valence-electron chi connectivity index (χ1n) is 11.3. The third kappa shape index (κ3) is 5.34. The minimum absolute atomic E-state index is 0.0257. The molecule has 1 N–H and O–H groups in total. The monoisotopic (exact) mass is 476 g/mol. The summed E-state index contributed by atoms with van der Waals surface area (Å²) >= 11 is 0. The number of nitrogens with one attached hydrogen (secondary N) is 1. The highest BCUT2D eigenvalue weighted by atomic mass is 19.4. The number of hydrogen-bond donors (Lipinski definition) is 1. The summed E-state index contributed by atoms with van der Waals surface area (Å²) in [5.74, 6) is -2.21. The summed E-state index contributed by atoms with van der Waals surface area (Å²) in [6.45, 7) is 5.29. The van der Waals surface area contributed by atoms with Gasteiger partial charge in [-0.05, 0) is 59.4 Å². The zero-order valence-corrected chi connectivity index (χ0v) is 19.1. The van der Waals surface area contributed by atoms with Crippen LogP contribution in [0, 0.1) is 11.3 Å². The Morgan fingerprint density at radius 1 is 1.15 bits per heavy atom. The second-order valence-corrected chi connectivity index (χ2v) is 9.38. The number of carbonyl (C=O) groups excluding carboxylic acids is 2. The first-order valence-corrected chi connectivity index (χ1v) is 11.3. The lowest BCUT2D eigenvalue weighted by Crippen LogP contribution is -2.28. The smallest absolute Gasteiger partial charge is 0.491 e. The van der Waals surface area contributed by atoms with E-state index in [0.717, 1.165) is 36.5 Å². The number of benzene rings is 1. The van der Waals surface area contributed by atoms with Gasteiger partial charge in [0.1, 0.15) is 11.6 Å². The zero-order chi connectivity index (χ0) is 24.5. The minimum atomic E-state index is -5.18. The van der Waals surface area contributed by atoms with Gasteiger partial charge < -0.3 is 14.8 Å². The number of fused-ring (bicyclic) bond motifs is 1. The van der Waals surface area contributed by atoms with Crippen LogP contribution in [0.4, 0.5) is 19.0 Å². The van der Waals surface area contributed by atoms with E-state index in [4.69, 9.17) is 4.74 Å². The number of alkyl halides is 3. The number of carbonyl (C=O) groups is 2. The van der Waals surface area contributed by atoms with Crippen molar-refractivity contribution in [1.29, 1.82) is 0 Å². The van der Waals surface area contributed by atoms with Crippen LogP contribution in [0.25, 0.3) is 0 Å². The van der Waals surface area contributed by atoms with Crippen LogP contribution in [0.3, 0.4) is 0 Å². The third-order valence-electron chi connectivity index (χ3n) is 6.69. The number of halogens is 3. The lowest BCUT2D eigenvalue weighted by atomic mass is 10.0. The Labute approximate surface area is 195 Å². The SMILES string of the molecule is CC1(C)C(CC(=O)OC(=O)C(F)(F)F)C1c1ccc(OCCc2ccc3c(n2)NCCC3)cc1. The van der Waals surface area contributed by atoms with E-state index >= 15 is 0 Å². The van der Waals surface area contributed by atoms with Crippen LogP contribution in [0.5, 0.6) is 5.75 Å². The van der Waals surface area contributed by atoms with E-state index in [1.54, 1.807) is 0 Å². The van der Waals surface area contributed by atoms with Crippen molar-refractivity contribution in [3.8, 4) is 5.75 Å². The fraction of sp³-hybridized carbons (Fsp3) is 0.480. The number of pyridine rings is 1. The van der Waals surface area contributed by atoms with Crippen LogP contribution < -0.4 is 10.1 Å². The van der Waals surface area contributed by atoms with E-state index in [9.17, 15) is 22.8 Å². The van der Waals surface area contributed by atoms with Crippen LogP contribution in [0.15, 0.2) is 36.4 Å². The average Bonchev–Trinajstić information content (AvgIpc) is 3.32. The lowest BCUT2D eigenvalue weighted by molar-refractivity contribution is -0.202. The summed E-state index contributed by atoms with van der Waals surface area (Å²) in [6.07, 6.45) is -2.60. The molecule has 182 valence electrons. The van der Waals surface area contributed by atoms with Gasteiger partial charge in [-0.15, -0.1) is 0 Å². The molecular formula is C25H27F3N2O4. The lowest BCUT2D eigenvalue weighted by Gasteiger charge is -2.17.